The van der Waals surface area contributed by atoms with Gasteiger partial charge in [-0.25, -0.2) is 8.42 Å². The first-order valence-electron chi connectivity index (χ1n) is 6.02. The summed E-state index contributed by atoms with van der Waals surface area (Å²) in [7, 11) is -3.72. The van der Waals surface area contributed by atoms with Crippen LogP contribution in [0.4, 0.5) is 5.69 Å². The topological polar surface area (TPSA) is 66.4 Å². The van der Waals surface area contributed by atoms with E-state index in [1.807, 2.05) is 13.0 Å². The van der Waals surface area contributed by atoms with Crippen LogP contribution in [0, 0.1) is 6.92 Å². The molecule has 0 aliphatic heterocycles. The van der Waals surface area contributed by atoms with Crippen molar-refractivity contribution >= 4 is 47.6 Å². The fraction of sp³-hybridized carbons (Fsp3) is 0.143. The molecule has 0 atom stereocenters. The lowest BCUT2D eigenvalue weighted by Crippen LogP contribution is -2.14. The van der Waals surface area contributed by atoms with Crippen molar-refractivity contribution < 1.29 is 13.5 Å². The maximum absolute atomic E-state index is 12.5. The summed E-state index contributed by atoms with van der Waals surface area (Å²) in [6, 6.07) is 9.96. The van der Waals surface area contributed by atoms with Gasteiger partial charge in [-0.05, 0) is 68.1 Å². The van der Waals surface area contributed by atoms with Gasteiger partial charge in [0.05, 0.1) is 12.3 Å². The third-order valence-corrected chi connectivity index (χ3v) is 6.30. The number of hydrogen-bond acceptors (Lipinski definition) is 3. The van der Waals surface area contributed by atoms with Gasteiger partial charge in [-0.15, -0.1) is 0 Å². The molecule has 0 fully saturated rings. The Hall–Kier alpha value is -0.890. The van der Waals surface area contributed by atoms with Crippen LogP contribution in [0.3, 0.4) is 0 Å². The molecule has 2 N–H and O–H groups in total. The highest BCUT2D eigenvalue weighted by atomic mass is 79.9. The number of nitrogens with one attached hydrogen (secondary N) is 1. The SMILES string of the molecule is Cc1cccc(NS(=O)(=O)c2ccc(CO)cc2Br)c1Br. The molecule has 0 aliphatic carbocycles. The lowest BCUT2D eigenvalue weighted by atomic mass is 10.2. The van der Waals surface area contributed by atoms with E-state index in [-0.39, 0.29) is 11.5 Å². The Morgan fingerprint density at radius 3 is 2.52 bits per heavy atom. The smallest absolute Gasteiger partial charge is 0.263 e. The van der Waals surface area contributed by atoms with Crippen LogP contribution in [-0.2, 0) is 16.6 Å². The molecule has 4 nitrogen and oxygen atoms in total. The summed E-state index contributed by atoms with van der Waals surface area (Å²) in [5.74, 6) is 0. The number of benzene rings is 2. The van der Waals surface area contributed by atoms with Crippen LogP contribution in [-0.4, -0.2) is 13.5 Å². The molecule has 0 amide bonds. The third-order valence-electron chi connectivity index (χ3n) is 2.90. The molecule has 0 heterocycles. The van der Waals surface area contributed by atoms with Gasteiger partial charge in [0.15, 0.2) is 0 Å². The van der Waals surface area contributed by atoms with Crippen molar-refractivity contribution in [3.63, 3.8) is 0 Å². The van der Waals surface area contributed by atoms with Crippen molar-refractivity contribution in [2.45, 2.75) is 18.4 Å². The van der Waals surface area contributed by atoms with Crippen LogP contribution in [0.15, 0.2) is 50.2 Å². The highest BCUT2D eigenvalue weighted by Crippen LogP contribution is 2.30. The van der Waals surface area contributed by atoms with Crippen LogP contribution in [0.5, 0.6) is 0 Å². The minimum Gasteiger partial charge on any atom is -0.392 e. The van der Waals surface area contributed by atoms with Gasteiger partial charge in [0.1, 0.15) is 4.90 Å². The summed E-state index contributed by atoms with van der Waals surface area (Å²) < 4.78 is 28.6. The van der Waals surface area contributed by atoms with Crippen molar-refractivity contribution in [1.29, 1.82) is 0 Å². The maximum atomic E-state index is 12.5. The number of hydrogen-bond donors (Lipinski definition) is 2. The molecule has 2 aromatic carbocycles. The number of aryl methyl sites for hydroxylation is 1. The second-order valence-corrected chi connectivity index (χ2v) is 7.76. The van der Waals surface area contributed by atoms with Gasteiger partial charge in [0, 0.05) is 8.95 Å². The summed E-state index contributed by atoms with van der Waals surface area (Å²) >= 11 is 6.60. The Kier molecular flexibility index (Phi) is 5.08. The van der Waals surface area contributed by atoms with Crippen LogP contribution in [0.1, 0.15) is 11.1 Å². The lowest BCUT2D eigenvalue weighted by molar-refractivity contribution is 0.281. The fourth-order valence-electron chi connectivity index (χ4n) is 1.79. The van der Waals surface area contributed by atoms with E-state index in [4.69, 9.17) is 5.11 Å². The number of aliphatic hydroxyl groups is 1. The third kappa shape index (κ3) is 3.66. The maximum Gasteiger partial charge on any atom is 0.263 e. The van der Waals surface area contributed by atoms with E-state index >= 15 is 0 Å². The Morgan fingerprint density at radius 1 is 1.19 bits per heavy atom. The van der Waals surface area contributed by atoms with Crippen LogP contribution >= 0.6 is 31.9 Å². The number of halogens is 2. The van der Waals surface area contributed by atoms with E-state index in [9.17, 15) is 8.42 Å². The first kappa shape index (κ1) is 16.5. The highest BCUT2D eigenvalue weighted by Gasteiger charge is 2.19. The largest absolute Gasteiger partial charge is 0.392 e. The molecule has 0 spiro atoms. The Morgan fingerprint density at radius 2 is 1.90 bits per heavy atom. The molecule has 0 unspecified atom stereocenters. The molecule has 112 valence electrons. The zero-order chi connectivity index (χ0) is 15.6. The summed E-state index contributed by atoms with van der Waals surface area (Å²) in [5.41, 5.74) is 2.05. The van der Waals surface area contributed by atoms with Gasteiger partial charge in [-0.2, -0.15) is 0 Å². The normalized spacial score (nSPS) is 11.4. The van der Waals surface area contributed by atoms with Crippen LogP contribution in [0.25, 0.3) is 0 Å². The zero-order valence-corrected chi connectivity index (χ0v) is 15.1. The molecule has 0 radical (unpaired) electrons. The van der Waals surface area contributed by atoms with E-state index in [0.29, 0.717) is 20.2 Å². The van der Waals surface area contributed by atoms with Gasteiger partial charge in [0.25, 0.3) is 10.0 Å². The van der Waals surface area contributed by atoms with Gasteiger partial charge in [-0.1, -0.05) is 18.2 Å². The molecule has 2 rings (SSSR count). The fourth-order valence-corrected chi connectivity index (χ4v) is 4.48. The van der Waals surface area contributed by atoms with E-state index < -0.39 is 10.0 Å². The molecule has 0 aromatic heterocycles. The van der Waals surface area contributed by atoms with Crippen molar-refractivity contribution in [1.82, 2.24) is 0 Å². The minimum absolute atomic E-state index is 0.119. The van der Waals surface area contributed by atoms with E-state index in [2.05, 4.69) is 36.6 Å². The Labute approximate surface area is 140 Å². The first-order valence-corrected chi connectivity index (χ1v) is 9.09. The van der Waals surface area contributed by atoms with Crippen LogP contribution in [0.2, 0.25) is 0 Å². The number of aliphatic hydroxyl groups excluding tert-OH is 1. The zero-order valence-electron chi connectivity index (χ0n) is 11.1. The van der Waals surface area contributed by atoms with E-state index in [0.717, 1.165) is 5.56 Å². The molecule has 0 aliphatic rings. The minimum atomic E-state index is -3.72. The average Bonchev–Trinajstić information content (AvgIpc) is 2.43. The molecule has 0 saturated heterocycles. The number of anilines is 1. The molecular formula is C14H13Br2NO3S. The summed E-state index contributed by atoms with van der Waals surface area (Å²) in [6.07, 6.45) is 0. The van der Waals surface area contributed by atoms with Crippen molar-refractivity contribution in [2.24, 2.45) is 0 Å². The molecule has 7 heteroatoms. The average molecular weight is 435 g/mol. The summed E-state index contributed by atoms with van der Waals surface area (Å²) in [4.78, 5) is 0.119. The highest BCUT2D eigenvalue weighted by molar-refractivity contribution is 9.11. The summed E-state index contributed by atoms with van der Waals surface area (Å²) in [6.45, 7) is 1.74. The van der Waals surface area contributed by atoms with Crippen molar-refractivity contribution in [2.75, 3.05) is 4.72 Å². The van der Waals surface area contributed by atoms with Gasteiger partial charge in [0.2, 0.25) is 0 Å². The lowest BCUT2D eigenvalue weighted by Gasteiger charge is -2.12. The standard InChI is InChI=1S/C14H13Br2NO3S/c1-9-3-2-4-12(14(9)16)17-21(19,20)13-6-5-10(8-18)7-11(13)15/h2-7,17-18H,8H2,1H3. The number of sulfonamides is 1. The molecule has 0 saturated carbocycles. The van der Waals surface area contributed by atoms with E-state index in [1.54, 1.807) is 24.3 Å². The Balaban J connectivity index is 2.41. The van der Waals surface area contributed by atoms with E-state index in [1.165, 1.54) is 6.07 Å². The molecule has 2 aromatic rings. The summed E-state index contributed by atoms with van der Waals surface area (Å²) in [5, 5.41) is 9.07. The monoisotopic (exact) mass is 433 g/mol. The molecular weight excluding hydrogens is 422 g/mol. The van der Waals surface area contributed by atoms with Crippen molar-refractivity contribution in [3.05, 3.63) is 56.5 Å². The van der Waals surface area contributed by atoms with Gasteiger partial charge >= 0.3 is 0 Å². The quantitative estimate of drug-likeness (QED) is 0.768. The van der Waals surface area contributed by atoms with Crippen LogP contribution < -0.4 is 4.72 Å². The Bertz CT molecular complexity index is 776. The van der Waals surface area contributed by atoms with Gasteiger partial charge < -0.3 is 5.11 Å². The second-order valence-electron chi connectivity index (χ2n) is 4.46. The molecule has 21 heavy (non-hydrogen) atoms. The predicted molar refractivity (Wildman–Crippen MR) is 89.8 cm³/mol. The second kappa shape index (κ2) is 6.48. The number of rotatable bonds is 4. The first-order chi connectivity index (χ1) is 9.85. The van der Waals surface area contributed by atoms with Crippen molar-refractivity contribution in [3.8, 4) is 0 Å². The predicted octanol–water partition coefficient (Wildman–Crippen LogP) is 3.81. The molecule has 0 bridgehead atoms. The van der Waals surface area contributed by atoms with Gasteiger partial charge in [-0.3, -0.25) is 4.72 Å².